The predicted octanol–water partition coefficient (Wildman–Crippen LogP) is 3.17. The Hall–Kier alpha value is -2.05. The maximum Gasteiger partial charge on any atom is 0.315 e. The van der Waals surface area contributed by atoms with Crippen molar-refractivity contribution in [1.29, 1.82) is 0 Å². The largest absolute Gasteiger partial charge is 0.493 e. The number of carbonyl (C=O) groups is 1. The second kappa shape index (κ2) is 7.23. The van der Waals surface area contributed by atoms with Gasteiger partial charge in [-0.05, 0) is 48.2 Å². The van der Waals surface area contributed by atoms with E-state index in [0.29, 0.717) is 6.61 Å². The van der Waals surface area contributed by atoms with Crippen molar-refractivity contribution in [2.45, 2.75) is 31.4 Å². The molecule has 2 amide bonds. The molecule has 2 unspecified atom stereocenters. The van der Waals surface area contributed by atoms with Gasteiger partial charge in [0.2, 0.25) is 0 Å². The lowest BCUT2D eigenvalue weighted by Gasteiger charge is -2.24. The minimum Gasteiger partial charge on any atom is -0.493 e. The summed E-state index contributed by atoms with van der Waals surface area (Å²) in [7, 11) is 0. The molecule has 2 atom stereocenters. The highest BCUT2D eigenvalue weighted by atomic mass is 32.1. The van der Waals surface area contributed by atoms with E-state index >= 15 is 0 Å². The van der Waals surface area contributed by atoms with Gasteiger partial charge in [0.1, 0.15) is 11.4 Å². The molecule has 6 heteroatoms. The van der Waals surface area contributed by atoms with Crippen LogP contribution in [0, 0.1) is 0 Å². The maximum absolute atomic E-state index is 12.3. The number of thiophene rings is 1. The molecular weight excluding hydrogens is 324 g/mol. The first-order chi connectivity index (χ1) is 11.6. The van der Waals surface area contributed by atoms with Crippen LogP contribution in [-0.2, 0) is 5.60 Å². The second-order valence-corrected chi connectivity index (χ2v) is 6.97. The van der Waals surface area contributed by atoms with Crippen LogP contribution in [0.2, 0.25) is 0 Å². The Morgan fingerprint density at radius 2 is 2.25 bits per heavy atom. The Labute approximate surface area is 145 Å². The molecule has 0 aliphatic carbocycles. The van der Waals surface area contributed by atoms with Crippen molar-refractivity contribution in [3.8, 4) is 5.75 Å². The lowest BCUT2D eigenvalue weighted by molar-refractivity contribution is 0.0597. The molecule has 0 spiro atoms. The van der Waals surface area contributed by atoms with Crippen LogP contribution < -0.4 is 15.4 Å². The zero-order chi connectivity index (χ0) is 17.0. The molecule has 1 aromatic carbocycles. The smallest absolute Gasteiger partial charge is 0.315 e. The molecule has 0 bridgehead atoms. The first kappa shape index (κ1) is 16.8. The average Bonchev–Trinajstić information content (AvgIpc) is 3.05. The van der Waals surface area contributed by atoms with Crippen LogP contribution in [0.4, 0.5) is 4.79 Å². The van der Waals surface area contributed by atoms with E-state index in [9.17, 15) is 9.90 Å². The number of hydrogen-bond donors (Lipinski definition) is 3. The third kappa shape index (κ3) is 3.88. The van der Waals surface area contributed by atoms with Gasteiger partial charge in [-0.3, -0.25) is 0 Å². The van der Waals surface area contributed by atoms with E-state index in [1.54, 1.807) is 6.92 Å². The number of aliphatic hydroxyl groups is 1. The first-order valence-electron chi connectivity index (χ1n) is 8.07. The summed E-state index contributed by atoms with van der Waals surface area (Å²) >= 11 is 1.52. The molecule has 5 nitrogen and oxygen atoms in total. The Kier molecular flexibility index (Phi) is 5.06. The summed E-state index contributed by atoms with van der Waals surface area (Å²) in [5, 5.41) is 20.0. The van der Waals surface area contributed by atoms with Gasteiger partial charge in [-0.2, -0.15) is 11.3 Å². The molecule has 24 heavy (non-hydrogen) atoms. The summed E-state index contributed by atoms with van der Waals surface area (Å²) in [5.41, 5.74) is 0.720. The number of hydrogen-bond acceptors (Lipinski definition) is 4. The Bertz CT molecular complexity index is 685. The van der Waals surface area contributed by atoms with Crippen LogP contribution in [0.15, 0.2) is 41.1 Å². The van der Waals surface area contributed by atoms with E-state index in [2.05, 4.69) is 10.6 Å². The summed E-state index contributed by atoms with van der Waals surface area (Å²) in [6, 6.07) is 9.27. The molecule has 3 N–H and O–H groups in total. The van der Waals surface area contributed by atoms with Crippen molar-refractivity contribution in [3.63, 3.8) is 0 Å². The zero-order valence-electron chi connectivity index (χ0n) is 13.6. The van der Waals surface area contributed by atoms with Gasteiger partial charge in [0.05, 0.1) is 19.2 Å². The molecule has 0 saturated heterocycles. The molecule has 3 rings (SSSR count). The van der Waals surface area contributed by atoms with Crippen molar-refractivity contribution >= 4 is 17.4 Å². The van der Waals surface area contributed by atoms with Crippen molar-refractivity contribution in [2.24, 2.45) is 0 Å². The van der Waals surface area contributed by atoms with E-state index in [0.717, 1.165) is 29.7 Å². The number of benzene rings is 1. The molecular formula is C18H22N2O3S. The van der Waals surface area contributed by atoms with E-state index in [4.69, 9.17) is 4.74 Å². The van der Waals surface area contributed by atoms with Gasteiger partial charge >= 0.3 is 6.03 Å². The zero-order valence-corrected chi connectivity index (χ0v) is 14.4. The Morgan fingerprint density at radius 3 is 3.04 bits per heavy atom. The van der Waals surface area contributed by atoms with Gasteiger partial charge in [-0.1, -0.05) is 18.2 Å². The highest BCUT2D eigenvalue weighted by Gasteiger charge is 2.26. The lowest BCUT2D eigenvalue weighted by Crippen LogP contribution is -2.44. The first-order valence-corrected chi connectivity index (χ1v) is 9.02. The van der Waals surface area contributed by atoms with Crippen LogP contribution >= 0.6 is 11.3 Å². The van der Waals surface area contributed by atoms with Crippen molar-refractivity contribution in [3.05, 3.63) is 52.2 Å². The third-order valence-electron chi connectivity index (χ3n) is 4.23. The van der Waals surface area contributed by atoms with Crippen molar-refractivity contribution < 1.29 is 14.6 Å². The molecule has 0 saturated carbocycles. The van der Waals surface area contributed by atoms with Gasteiger partial charge in [0, 0.05) is 5.56 Å². The summed E-state index contributed by atoms with van der Waals surface area (Å²) in [5.74, 6) is 0.825. The fourth-order valence-corrected chi connectivity index (χ4v) is 3.59. The highest BCUT2D eigenvalue weighted by Crippen LogP contribution is 2.31. The third-order valence-corrected chi connectivity index (χ3v) is 4.91. The fourth-order valence-electron chi connectivity index (χ4n) is 2.81. The van der Waals surface area contributed by atoms with Gasteiger partial charge in [0.15, 0.2) is 0 Å². The van der Waals surface area contributed by atoms with Gasteiger partial charge in [0.25, 0.3) is 0 Å². The topological polar surface area (TPSA) is 70.6 Å². The Morgan fingerprint density at radius 1 is 1.42 bits per heavy atom. The number of nitrogens with one attached hydrogen (secondary N) is 2. The number of fused-ring (bicyclic) bond motifs is 1. The highest BCUT2D eigenvalue weighted by molar-refractivity contribution is 7.08. The van der Waals surface area contributed by atoms with Gasteiger partial charge in [-0.15, -0.1) is 0 Å². The van der Waals surface area contributed by atoms with Gasteiger partial charge < -0.3 is 20.5 Å². The Balaban J connectivity index is 1.61. The minimum absolute atomic E-state index is 0.0882. The average molecular weight is 346 g/mol. The molecule has 2 aromatic rings. The van der Waals surface area contributed by atoms with Crippen LogP contribution in [0.3, 0.4) is 0 Å². The number of urea groups is 1. The van der Waals surface area contributed by atoms with Crippen molar-refractivity contribution in [1.82, 2.24) is 10.6 Å². The summed E-state index contributed by atoms with van der Waals surface area (Å²) < 4.78 is 5.71. The number of para-hydroxylation sites is 1. The van der Waals surface area contributed by atoms with Crippen LogP contribution in [0.1, 0.15) is 36.9 Å². The molecule has 0 fully saturated rings. The molecule has 1 aliphatic rings. The fraction of sp³-hybridized carbons (Fsp3) is 0.389. The number of amides is 2. The van der Waals surface area contributed by atoms with E-state index in [1.807, 2.05) is 41.1 Å². The summed E-state index contributed by atoms with van der Waals surface area (Å²) in [6.45, 7) is 2.51. The monoisotopic (exact) mass is 346 g/mol. The minimum atomic E-state index is -1.08. The van der Waals surface area contributed by atoms with Crippen LogP contribution in [0.25, 0.3) is 0 Å². The normalized spacial score (nSPS) is 19.3. The lowest BCUT2D eigenvalue weighted by atomic mass is 9.99. The number of rotatable bonds is 4. The quantitative estimate of drug-likeness (QED) is 0.796. The molecule has 128 valence electrons. The molecule has 2 heterocycles. The van der Waals surface area contributed by atoms with Gasteiger partial charge in [-0.25, -0.2) is 4.79 Å². The van der Waals surface area contributed by atoms with E-state index < -0.39 is 5.60 Å². The standard InChI is InChI=1S/C18H22N2O3S/c1-18(22,13-8-10-24-11-13)12-19-17(21)20-15-6-4-9-23-16-7-3-2-5-14(15)16/h2-3,5,7-8,10-11,15,22H,4,6,9,12H2,1H3,(H2,19,20,21). The predicted molar refractivity (Wildman–Crippen MR) is 94.3 cm³/mol. The van der Waals surface area contributed by atoms with E-state index in [1.165, 1.54) is 11.3 Å². The second-order valence-electron chi connectivity index (χ2n) is 6.19. The van der Waals surface area contributed by atoms with Crippen LogP contribution in [0.5, 0.6) is 5.75 Å². The number of ether oxygens (including phenoxy) is 1. The summed E-state index contributed by atoms with van der Waals surface area (Å²) in [6.07, 6.45) is 1.71. The van der Waals surface area contributed by atoms with Crippen molar-refractivity contribution in [2.75, 3.05) is 13.2 Å². The number of carbonyl (C=O) groups excluding carboxylic acids is 1. The van der Waals surface area contributed by atoms with Crippen LogP contribution in [-0.4, -0.2) is 24.3 Å². The van der Waals surface area contributed by atoms with E-state index in [-0.39, 0.29) is 18.6 Å². The SMILES string of the molecule is CC(O)(CNC(=O)NC1CCCOc2ccccc21)c1ccsc1. The molecule has 1 aromatic heterocycles. The summed E-state index contributed by atoms with van der Waals surface area (Å²) in [4.78, 5) is 12.3. The molecule has 1 aliphatic heterocycles. The maximum atomic E-state index is 12.3. The molecule has 0 radical (unpaired) electrons.